The molecular formula is C21H21N3O2. The van der Waals surface area contributed by atoms with E-state index in [2.05, 4.69) is 22.2 Å². The van der Waals surface area contributed by atoms with Crippen molar-refractivity contribution in [1.29, 1.82) is 0 Å². The van der Waals surface area contributed by atoms with Crippen LogP contribution in [0.3, 0.4) is 0 Å². The smallest absolute Gasteiger partial charge is 0.253 e. The Labute approximate surface area is 152 Å². The van der Waals surface area contributed by atoms with Crippen molar-refractivity contribution in [3.8, 4) is 0 Å². The van der Waals surface area contributed by atoms with E-state index in [9.17, 15) is 9.59 Å². The molecule has 5 nitrogen and oxygen atoms in total. The van der Waals surface area contributed by atoms with E-state index in [0.717, 1.165) is 30.6 Å². The number of amides is 2. The largest absolute Gasteiger partial charge is 0.274 e. The number of benzene rings is 2. The van der Waals surface area contributed by atoms with Crippen molar-refractivity contribution in [1.82, 2.24) is 10.0 Å². The molecule has 2 amide bonds. The summed E-state index contributed by atoms with van der Waals surface area (Å²) in [5.74, 6) is -0.504. The molecule has 3 saturated heterocycles. The van der Waals surface area contributed by atoms with Gasteiger partial charge in [-0.05, 0) is 36.6 Å². The lowest BCUT2D eigenvalue weighted by atomic mass is 9.90. The molecule has 0 saturated carbocycles. The number of hydrogen-bond acceptors (Lipinski definition) is 4. The number of aryl methyl sites for hydroxylation is 1. The minimum absolute atomic E-state index is 0.0602. The summed E-state index contributed by atoms with van der Waals surface area (Å²) in [5.41, 5.74) is 2.84. The molecule has 5 rings (SSSR count). The fourth-order valence-electron chi connectivity index (χ4n) is 4.79. The summed E-state index contributed by atoms with van der Waals surface area (Å²) >= 11 is 0. The molecular weight excluding hydrogens is 326 g/mol. The van der Waals surface area contributed by atoms with Crippen LogP contribution in [0.4, 0.5) is 5.69 Å². The molecule has 3 atom stereocenters. The van der Waals surface area contributed by atoms with Crippen molar-refractivity contribution in [3.63, 3.8) is 0 Å². The topological polar surface area (TPSA) is 43.9 Å². The van der Waals surface area contributed by atoms with Crippen LogP contribution in [0.2, 0.25) is 0 Å². The molecule has 132 valence electrons. The number of carbonyl (C=O) groups is 2. The van der Waals surface area contributed by atoms with Crippen molar-refractivity contribution in [3.05, 3.63) is 65.7 Å². The number of anilines is 1. The first-order chi connectivity index (χ1) is 12.7. The minimum Gasteiger partial charge on any atom is -0.274 e. The monoisotopic (exact) mass is 347 g/mol. The van der Waals surface area contributed by atoms with Gasteiger partial charge in [-0.2, -0.15) is 0 Å². The summed E-state index contributed by atoms with van der Waals surface area (Å²) in [4.78, 5) is 28.1. The Balaban J connectivity index is 1.60. The maximum absolute atomic E-state index is 13.4. The van der Waals surface area contributed by atoms with Crippen molar-refractivity contribution in [2.45, 2.75) is 25.4 Å². The van der Waals surface area contributed by atoms with Gasteiger partial charge in [-0.1, -0.05) is 42.5 Å². The van der Waals surface area contributed by atoms with E-state index in [-0.39, 0.29) is 29.8 Å². The van der Waals surface area contributed by atoms with Crippen molar-refractivity contribution in [2.75, 3.05) is 18.0 Å². The first-order valence-corrected chi connectivity index (χ1v) is 9.19. The standard InChI is InChI=1S/C21H21N3O2/c1-14-7-5-10-16(13-14)24-20(25)17-18(15-8-3-2-4-9-15)22-11-6-12-23(22)19(17)21(24)26/h2-5,7-10,13,17-19H,6,11-12H2,1H3/t17-,18+,19+/m1/s1. The molecule has 0 N–H and O–H groups in total. The molecule has 2 aromatic carbocycles. The summed E-state index contributed by atoms with van der Waals surface area (Å²) in [5, 5.41) is 4.38. The van der Waals surface area contributed by atoms with E-state index in [1.54, 1.807) is 0 Å². The zero-order chi connectivity index (χ0) is 17.8. The van der Waals surface area contributed by atoms with Crippen LogP contribution in [0, 0.1) is 12.8 Å². The maximum Gasteiger partial charge on any atom is 0.253 e. The Morgan fingerprint density at radius 3 is 2.31 bits per heavy atom. The van der Waals surface area contributed by atoms with Gasteiger partial charge in [-0.3, -0.25) is 9.59 Å². The molecule has 0 bridgehead atoms. The van der Waals surface area contributed by atoms with E-state index in [0.29, 0.717) is 5.69 Å². The van der Waals surface area contributed by atoms with Crippen LogP contribution in [0.5, 0.6) is 0 Å². The van der Waals surface area contributed by atoms with Gasteiger partial charge in [0.05, 0.1) is 17.6 Å². The number of rotatable bonds is 2. The zero-order valence-corrected chi connectivity index (χ0v) is 14.7. The van der Waals surface area contributed by atoms with Crippen LogP contribution in [0.25, 0.3) is 0 Å². The molecule has 3 aliphatic heterocycles. The highest BCUT2D eigenvalue weighted by Gasteiger charge is 2.62. The number of carbonyl (C=O) groups excluding carboxylic acids is 2. The Hall–Kier alpha value is -2.50. The molecule has 0 radical (unpaired) electrons. The SMILES string of the molecule is Cc1cccc(N2C(=O)[C@H]3[C@@H](C2=O)N2CCCN2[C@H]3c2ccccc2)c1. The van der Waals surface area contributed by atoms with Gasteiger partial charge in [-0.25, -0.2) is 14.9 Å². The molecule has 3 fully saturated rings. The highest BCUT2D eigenvalue weighted by Crippen LogP contribution is 2.48. The third kappa shape index (κ3) is 2.11. The predicted molar refractivity (Wildman–Crippen MR) is 98.2 cm³/mol. The van der Waals surface area contributed by atoms with Crippen LogP contribution in [-0.4, -0.2) is 41.0 Å². The first kappa shape index (κ1) is 15.7. The van der Waals surface area contributed by atoms with Gasteiger partial charge in [0.1, 0.15) is 6.04 Å². The van der Waals surface area contributed by atoms with Gasteiger partial charge < -0.3 is 0 Å². The quantitative estimate of drug-likeness (QED) is 0.783. The highest BCUT2D eigenvalue weighted by atomic mass is 16.2. The lowest BCUT2D eigenvalue weighted by Gasteiger charge is -2.29. The van der Waals surface area contributed by atoms with Crippen LogP contribution in [0.1, 0.15) is 23.6 Å². The van der Waals surface area contributed by atoms with Crippen molar-refractivity contribution in [2.24, 2.45) is 5.92 Å². The summed E-state index contributed by atoms with van der Waals surface area (Å²) in [6.07, 6.45) is 1.03. The molecule has 2 aromatic rings. The van der Waals surface area contributed by atoms with Crippen LogP contribution < -0.4 is 4.90 Å². The Bertz CT molecular complexity index is 882. The van der Waals surface area contributed by atoms with Gasteiger partial charge >= 0.3 is 0 Å². The average molecular weight is 347 g/mol. The summed E-state index contributed by atoms with van der Waals surface area (Å²) in [6, 6.07) is 17.3. The molecule has 26 heavy (non-hydrogen) atoms. The average Bonchev–Trinajstić information content (AvgIpc) is 3.28. The highest BCUT2D eigenvalue weighted by molar-refractivity contribution is 6.24. The van der Waals surface area contributed by atoms with Gasteiger partial charge in [0.2, 0.25) is 5.91 Å². The molecule has 3 aliphatic rings. The summed E-state index contributed by atoms with van der Waals surface area (Å²) < 4.78 is 0. The van der Waals surface area contributed by atoms with Gasteiger partial charge in [0, 0.05) is 13.1 Å². The molecule has 0 aliphatic carbocycles. The fourth-order valence-corrected chi connectivity index (χ4v) is 4.79. The van der Waals surface area contributed by atoms with Crippen LogP contribution >= 0.6 is 0 Å². The molecule has 5 heteroatoms. The summed E-state index contributed by atoms with van der Waals surface area (Å²) in [6.45, 7) is 3.72. The van der Waals surface area contributed by atoms with Gasteiger partial charge in [0.25, 0.3) is 5.91 Å². The van der Waals surface area contributed by atoms with E-state index in [1.165, 1.54) is 4.90 Å². The maximum atomic E-state index is 13.4. The third-order valence-electron chi connectivity index (χ3n) is 5.81. The van der Waals surface area contributed by atoms with E-state index >= 15 is 0 Å². The first-order valence-electron chi connectivity index (χ1n) is 9.19. The zero-order valence-electron chi connectivity index (χ0n) is 14.7. The molecule has 0 unspecified atom stereocenters. The summed E-state index contributed by atoms with van der Waals surface area (Å²) in [7, 11) is 0. The second kappa shape index (κ2) is 5.76. The number of hydrazine groups is 1. The van der Waals surface area contributed by atoms with E-state index < -0.39 is 0 Å². The second-order valence-corrected chi connectivity index (χ2v) is 7.36. The molecule has 0 spiro atoms. The number of imide groups is 1. The molecule has 3 heterocycles. The van der Waals surface area contributed by atoms with Gasteiger partial charge in [0.15, 0.2) is 0 Å². The Kier molecular flexibility index (Phi) is 3.48. The lowest BCUT2D eigenvalue weighted by Crippen LogP contribution is -2.44. The van der Waals surface area contributed by atoms with Crippen LogP contribution in [-0.2, 0) is 9.59 Å². The van der Waals surface area contributed by atoms with E-state index in [1.807, 2.05) is 49.4 Å². The number of nitrogens with zero attached hydrogens (tertiary/aromatic N) is 3. The van der Waals surface area contributed by atoms with E-state index in [4.69, 9.17) is 0 Å². The van der Waals surface area contributed by atoms with Crippen molar-refractivity contribution >= 4 is 17.5 Å². The Morgan fingerprint density at radius 2 is 1.58 bits per heavy atom. The number of fused-ring (bicyclic) bond motifs is 3. The number of hydrogen-bond donors (Lipinski definition) is 0. The predicted octanol–water partition coefficient (Wildman–Crippen LogP) is 2.53. The Morgan fingerprint density at radius 1 is 0.846 bits per heavy atom. The molecule has 0 aromatic heterocycles. The third-order valence-corrected chi connectivity index (χ3v) is 5.81. The van der Waals surface area contributed by atoms with Crippen molar-refractivity contribution < 1.29 is 9.59 Å². The lowest BCUT2D eigenvalue weighted by molar-refractivity contribution is -0.126. The van der Waals surface area contributed by atoms with Crippen LogP contribution in [0.15, 0.2) is 54.6 Å². The fraction of sp³-hybridized carbons (Fsp3) is 0.333. The normalized spacial score (nSPS) is 28.7. The van der Waals surface area contributed by atoms with Gasteiger partial charge in [-0.15, -0.1) is 0 Å². The second-order valence-electron chi connectivity index (χ2n) is 7.36. The minimum atomic E-state index is -0.379.